The normalized spacial score (nSPS) is 9.91. The number of benzene rings is 1. The van der Waals surface area contributed by atoms with Crippen LogP contribution in [-0.4, -0.2) is 9.13 Å². The summed E-state index contributed by atoms with van der Waals surface area (Å²) in [5.41, 5.74) is 2.66. The van der Waals surface area contributed by atoms with E-state index in [2.05, 4.69) is 80.0 Å². The highest BCUT2D eigenvalue weighted by Gasteiger charge is 2.05. The topological polar surface area (TPSA) is 17.6 Å². The summed E-state index contributed by atoms with van der Waals surface area (Å²) in [6, 6.07) is 8.77. The minimum atomic E-state index is 0. The van der Waals surface area contributed by atoms with Gasteiger partial charge in [0.15, 0.2) is 0 Å². The molecule has 4 nitrogen and oxygen atoms in total. The van der Waals surface area contributed by atoms with Gasteiger partial charge in [0.1, 0.15) is 37.9 Å². The number of rotatable bonds is 4. The van der Waals surface area contributed by atoms with Gasteiger partial charge in [-0.25, -0.2) is 18.3 Å². The molecule has 3 aromatic rings. The van der Waals surface area contributed by atoms with Crippen molar-refractivity contribution >= 4 is 0 Å². The first kappa shape index (κ1) is 18.6. The fourth-order valence-electron chi connectivity index (χ4n) is 2.44. The van der Waals surface area contributed by atoms with Gasteiger partial charge in [-0.2, -0.15) is 0 Å². The second kappa shape index (κ2) is 8.29. The van der Waals surface area contributed by atoms with Crippen LogP contribution in [0.2, 0.25) is 0 Å². The van der Waals surface area contributed by atoms with Gasteiger partial charge in [0, 0.05) is 0 Å². The van der Waals surface area contributed by atoms with Crippen molar-refractivity contribution in [2.75, 3.05) is 0 Å². The molecule has 2 aromatic heterocycles. The number of nitrogens with zero attached hydrogens (tertiary/aromatic N) is 4. The van der Waals surface area contributed by atoms with Crippen LogP contribution in [0.15, 0.2) is 61.7 Å². The zero-order valence-corrected chi connectivity index (χ0v) is 15.9. The molecule has 3 rings (SSSR count). The van der Waals surface area contributed by atoms with Crippen LogP contribution in [-0.2, 0) is 27.2 Å². The van der Waals surface area contributed by atoms with Crippen molar-refractivity contribution in [3.8, 4) is 0 Å². The first-order valence-electron chi connectivity index (χ1n) is 6.79. The van der Waals surface area contributed by atoms with Crippen LogP contribution in [0.1, 0.15) is 11.1 Å². The summed E-state index contributed by atoms with van der Waals surface area (Å²) in [5, 5.41) is 0. The Morgan fingerprint density at radius 3 is 1.64 bits per heavy atom. The summed E-state index contributed by atoms with van der Waals surface area (Å²) in [6.45, 7) is 1.82. The smallest absolute Gasteiger partial charge is 0.243 e. The Morgan fingerprint density at radius 1 is 0.818 bits per heavy atom. The highest BCUT2D eigenvalue weighted by atomic mass is 79.9. The average Bonchev–Trinajstić information content (AvgIpc) is 2.99. The van der Waals surface area contributed by atoms with Crippen molar-refractivity contribution in [1.82, 2.24) is 9.13 Å². The summed E-state index contributed by atoms with van der Waals surface area (Å²) in [4.78, 5) is 0. The van der Waals surface area contributed by atoms with E-state index in [9.17, 15) is 0 Å². The SMILES string of the molecule is C[n+]1ccn(Cc2cccc(Cn3cc[n+](C)c3)c2)c1.[Br-].[Br-]. The van der Waals surface area contributed by atoms with E-state index in [4.69, 9.17) is 0 Å². The molecule has 2 heterocycles. The third-order valence-corrected chi connectivity index (χ3v) is 3.37. The van der Waals surface area contributed by atoms with Gasteiger partial charge in [-0.05, 0) is 17.2 Å². The molecule has 0 N–H and O–H groups in total. The molecule has 0 amide bonds. The molecule has 1 aromatic carbocycles. The van der Waals surface area contributed by atoms with E-state index in [1.807, 2.05) is 14.1 Å². The van der Waals surface area contributed by atoms with Gasteiger partial charge in [-0.15, -0.1) is 0 Å². The molecule has 0 fully saturated rings. The highest BCUT2D eigenvalue weighted by molar-refractivity contribution is 5.24. The molecule has 0 unspecified atom stereocenters. The number of aromatic nitrogens is 4. The zero-order chi connectivity index (χ0) is 13.9. The minimum absolute atomic E-state index is 0. The van der Waals surface area contributed by atoms with Crippen molar-refractivity contribution in [2.24, 2.45) is 14.1 Å². The van der Waals surface area contributed by atoms with Gasteiger partial charge in [0.05, 0.1) is 14.1 Å². The molecule has 6 heteroatoms. The second-order valence-corrected chi connectivity index (χ2v) is 5.32. The van der Waals surface area contributed by atoms with Gasteiger partial charge in [0.2, 0.25) is 12.7 Å². The predicted octanol–water partition coefficient (Wildman–Crippen LogP) is -4.96. The van der Waals surface area contributed by atoms with Crippen molar-refractivity contribution in [1.29, 1.82) is 0 Å². The summed E-state index contributed by atoms with van der Waals surface area (Å²) in [5.74, 6) is 0. The van der Waals surface area contributed by atoms with Crippen molar-refractivity contribution in [3.63, 3.8) is 0 Å². The Balaban J connectivity index is 0.00000121. The Hall–Kier alpha value is -1.40. The van der Waals surface area contributed by atoms with E-state index in [-0.39, 0.29) is 34.0 Å². The van der Waals surface area contributed by atoms with Crippen LogP contribution in [0.4, 0.5) is 0 Å². The van der Waals surface area contributed by atoms with Gasteiger partial charge in [-0.3, -0.25) is 0 Å². The lowest BCUT2D eigenvalue weighted by Crippen LogP contribution is -3.00. The summed E-state index contributed by atoms with van der Waals surface area (Å²) < 4.78 is 8.50. The molecule has 0 aliphatic carbocycles. The Bertz CT molecular complexity index is 661. The van der Waals surface area contributed by atoms with Crippen LogP contribution >= 0.6 is 0 Å². The van der Waals surface area contributed by atoms with Gasteiger partial charge >= 0.3 is 0 Å². The molecular formula is C16H20Br2N4. The number of hydrogen-bond donors (Lipinski definition) is 0. The molecule has 0 atom stereocenters. The monoisotopic (exact) mass is 426 g/mol. The Morgan fingerprint density at radius 2 is 1.27 bits per heavy atom. The lowest BCUT2D eigenvalue weighted by molar-refractivity contribution is -0.671. The van der Waals surface area contributed by atoms with Crippen molar-refractivity contribution < 1.29 is 43.1 Å². The van der Waals surface area contributed by atoms with Crippen LogP contribution in [0, 0.1) is 0 Å². The number of aryl methyl sites for hydroxylation is 2. The van der Waals surface area contributed by atoms with E-state index < -0.39 is 0 Å². The van der Waals surface area contributed by atoms with Gasteiger partial charge in [-0.1, -0.05) is 18.2 Å². The minimum Gasteiger partial charge on any atom is -1.00 e. The molecule has 22 heavy (non-hydrogen) atoms. The fourth-order valence-corrected chi connectivity index (χ4v) is 2.44. The maximum atomic E-state index is 2.28. The lowest BCUT2D eigenvalue weighted by atomic mass is 10.1. The standard InChI is InChI=1S/C16H20N4.2BrH/c1-17-6-8-19(13-17)11-15-4-3-5-16(10-15)12-20-9-7-18(2)14-20;;/h3-10,13-14H,11-12H2,1-2H3;2*1H/q+2;;/p-2. The molecule has 0 radical (unpaired) electrons. The fraction of sp³-hybridized carbons (Fsp3) is 0.250. The van der Waals surface area contributed by atoms with E-state index in [0.717, 1.165) is 13.1 Å². The first-order valence-corrected chi connectivity index (χ1v) is 6.79. The highest BCUT2D eigenvalue weighted by Crippen LogP contribution is 2.08. The maximum Gasteiger partial charge on any atom is 0.243 e. The molecular weight excluding hydrogens is 408 g/mol. The molecule has 0 saturated heterocycles. The molecule has 0 saturated carbocycles. The van der Waals surface area contributed by atoms with E-state index in [1.165, 1.54) is 11.1 Å². The molecule has 0 spiro atoms. The Labute approximate surface area is 152 Å². The van der Waals surface area contributed by atoms with Crippen LogP contribution < -0.4 is 43.1 Å². The number of hydrogen-bond acceptors (Lipinski definition) is 0. The van der Waals surface area contributed by atoms with Crippen molar-refractivity contribution in [2.45, 2.75) is 13.1 Å². The molecule has 0 aliphatic rings. The molecule has 0 bridgehead atoms. The molecule has 0 aliphatic heterocycles. The third kappa shape index (κ3) is 4.81. The summed E-state index contributed by atoms with van der Waals surface area (Å²) in [7, 11) is 4.08. The average molecular weight is 428 g/mol. The number of halogens is 2. The van der Waals surface area contributed by atoms with Crippen LogP contribution in [0.5, 0.6) is 0 Å². The van der Waals surface area contributed by atoms with E-state index >= 15 is 0 Å². The van der Waals surface area contributed by atoms with E-state index in [0.29, 0.717) is 0 Å². The zero-order valence-electron chi connectivity index (χ0n) is 12.7. The van der Waals surface area contributed by atoms with Crippen LogP contribution in [0.3, 0.4) is 0 Å². The third-order valence-electron chi connectivity index (χ3n) is 3.37. The lowest BCUT2D eigenvalue weighted by Gasteiger charge is -2.02. The first-order chi connectivity index (χ1) is 9.69. The Kier molecular flexibility index (Phi) is 7.03. The second-order valence-electron chi connectivity index (χ2n) is 5.32. The quantitative estimate of drug-likeness (QED) is 0.371. The predicted molar refractivity (Wildman–Crippen MR) is 75.9 cm³/mol. The summed E-state index contributed by atoms with van der Waals surface area (Å²) in [6.07, 6.45) is 12.5. The van der Waals surface area contributed by atoms with Crippen molar-refractivity contribution in [3.05, 3.63) is 72.8 Å². The van der Waals surface area contributed by atoms with Gasteiger partial charge in [0.25, 0.3) is 0 Å². The molecule has 118 valence electrons. The largest absolute Gasteiger partial charge is 1.00 e. The van der Waals surface area contributed by atoms with E-state index in [1.54, 1.807) is 0 Å². The van der Waals surface area contributed by atoms with Crippen LogP contribution in [0.25, 0.3) is 0 Å². The summed E-state index contributed by atoms with van der Waals surface area (Å²) >= 11 is 0. The maximum absolute atomic E-state index is 2.28. The number of imidazole rings is 2. The van der Waals surface area contributed by atoms with Gasteiger partial charge < -0.3 is 34.0 Å².